The smallest absolute Gasteiger partial charge is 0.0637 e. The molecule has 2 fully saturated rings. The molecule has 0 radical (unpaired) electrons. The average Bonchev–Trinajstić information content (AvgIpc) is 3.11. The summed E-state index contributed by atoms with van der Waals surface area (Å²) in [6.07, 6.45) is 11.4. The van der Waals surface area contributed by atoms with Crippen molar-refractivity contribution in [2.24, 2.45) is 13.0 Å². The van der Waals surface area contributed by atoms with Crippen molar-refractivity contribution in [1.82, 2.24) is 20.4 Å². The number of rotatable bonds is 5. The summed E-state index contributed by atoms with van der Waals surface area (Å²) in [5, 5.41) is 12.0. The predicted molar refractivity (Wildman–Crippen MR) is 81.7 cm³/mol. The molecule has 3 atom stereocenters. The lowest BCUT2D eigenvalue weighted by molar-refractivity contribution is 0.215. The minimum atomic E-state index is 0.711. The van der Waals surface area contributed by atoms with E-state index in [1.807, 2.05) is 17.9 Å². The molecule has 112 valence electrons. The van der Waals surface area contributed by atoms with Gasteiger partial charge < -0.3 is 10.6 Å². The maximum absolute atomic E-state index is 4.45. The van der Waals surface area contributed by atoms with E-state index in [1.165, 1.54) is 50.8 Å². The maximum atomic E-state index is 4.45. The van der Waals surface area contributed by atoms with Gasteiger partial charge in [0, 0.05) is 38.3 Å². The first-order chi connectivity index (χ1) is 9.83. The van der Waals surface area contributed by atoms with E-state index >= 15 is 0 Å². The third-order valence-electron chi connectivity index (χ3n) is 4.99. The van der Waals surface area contributed by atoms with E-state index in [-0.39, 0.29) is 0 Å². The molecule has 0 aromatic carbocycles. The summed E-state index contributed by atoms with van der Waals surface area (Å²) in [6.45, 7) is 2.28. The Kier molecular flexibility index (Phi) is 4.73. The van der Waals surface area contributed by atoms with E-state index in [1.54, 1.807) is 0 Å². The lowest BCUT2D eigenvalue weighted by Gasteiger charge is -2.36. The third-order valence-corrected chi connectivity index (χ3v) is 4.99. The topological polar surface area (TPSA) is 41.9 Å². The Balaban J connectivity index is 1.49. The van der Waals surface area contributed by atoms with Gasteiger partial charge in [-0.05, 0) is 44.2 Å². The molecule has 3 rings (SSSR count). The first-order valence-corrected chi connectivity index (χ1v) is 8.28. The largest absolute Gasteiger partial charge is 0.314 e. The molecule has 1 saturated heterocycles. The van der Waals surface area contributed by atoms with Crippen LogP contribution in [0.4, 0.5) is 0 Å². The number of hydrogen-bond acceptors (Lipinski definition) is 3. The van der Waals surface area contributed by atoms with Crippen LogP contribution in [0.2, 0.25) is 0 Å². The van der Waals surface area contributed by atoms with Gasteiger partial charge in [-0.3, -0.25) is 4.68 Å². The van der Waals surface area contributed by atoms with Gasteiger partial charge >= 0.3 is 0 Å². The van der Waals surface area contributed by atoms with Crippen LogP contribution in [-0.2, 0) is 13.5 Å². The predicted octanol–water partition coefficient (Wildman–Crippen LogP) is 1.86. The summed E-state index contributed by atoms with van der Waals surface area (Å²) >= 11 is 0. The Bertz CT molecular complexity index is 408. The Morgan fingerprint density at radius 1 is 1.30 bits per heavy atom. The van der Waals surface area contributed by atoms with Gasteiger partial charge in [0.25, 0.3) is 0 Å². The number of nitrogens with one attached hydrogen (secondary N) is 2. The van der Waals surface area contributed by atoms with Gasteiger partial charge in [0.2, 0.25) is 0 Å². The summed E-state index contributed by atoms with van der Waals surface area (Å²) in [6, 6.07) is 3.60. The minimum Gasteiger partial charge on any atom is -0.314 e. The van der Waals surface area contributed by atoms with Gasteiger partial charge in [-0.1, -0.05) is 12.8 Å². The second kappa shape index (κ2) is 6.72. The lowest BCUT2D eigenvalue weighted by atomic mass is 9.79. The molecule has 2 aliphatic rings. The molecule has 0 bridgehead atoms. The van der Waals surface area contributed by atoms with Crippen LogP contribution in [0.15, 0.2) is 12.3 Å². The Hall–Kier alpha value is -0.870. The molecule has 1 aliphatic carbocycles. The van der Waals surface area contributed by atoms with E-state index in [2.05, 4.69) is 21.8 Å². The molecule has 2 N–H and O–H groups in total. The number of nitrogens with zero attached hydrogens (tertiary/aromatic N) is 2. The van der Waals surface area contributed by atoms with E-state index < -0.39 is 0 Å². The van der Waals surface area contributed by atoms with Crippen molar-refractivity contribution >= 4 is 0 Å². The number of hydrogen-bond donors (Lipinski definition) is 2. The zero-order valence-corrected chi connectivity index (χ0v) is 12.6. The summed E-state index contributed by atoms with van der Waals surface area (Å²) in [4.78, 5) is 0. The summed E-state index contributed by atoms with van der Waals surface area (Å²) in [7, 11) is 1.99. The molecule has 0 amide bonds. The fourth-order valence-corrected chi connectivity index (χ4v) is 3.95. The standard InChI is InChI=1S/C16H28N4/c1-20-12-9-13(19-20)8-11-18-15-6-3-2-5-14(15)16-7-4-10-17-16/h9,12,14-18H,2-8,10-11H2,1H3. The van der Waals surface area contributed by atoms with Crippen LogP contribution < -0.4 is 10.6 Å². The normalized spacial score (nSPS) is 30.8. The summed E-state index contributed by atoms with van der Waals surface area (Å²) in [5.74, 6) is 0.843. The third kappa shape index (κ3) is 3.41. The van der Waals surface area contributed by atoms with Crippen molar-refractivity contribution in [3.63, 3.8) is 0 Å². The molecule has 4 nitrogen and oxygen atoms in total. The lowest BCUT2D eigenvalue weighted by Crippen LogP contribution is -2.47. The molecule has 4 heteroatoms. The van der Waals surface area contributed by atoms with Crippen LogP contribution in [0.5, 0.6) is 0 Å². The molecular weight excluding hydrogens is 248 g/mol. The second-order valence-electron chi connectivity index (χ2n) is 6.44. The molecule has 1 aliphatic heterocycles. The molecule has 1 aromatic rings. The van der Waals surface area contributed by atoms with Crippen molar-refractivity contribution in [2.45, 2.75) is 57.0 Å². The van der Waals surface area contributed by atoms with E-state index in [4.69, 9.17) is 0 Å². The quantitative estimate of drug-likeness (QED) is 0.862. The highest BCUT2D eigenvalue weighted by Gasteiger charge is 2.32. The molecule has 2 heterocycles. The molecule has 3 unspecified atom stereocenters. The van der Waals surface area contributed by atoms with Crippen LogP contribution in [-0.4, -0.2) is 35.0 Å². The van der Waals surface area contributed by atoms with E-state index in [0.717, 1.165) is 24.9 Å². The first kappa shape index (κ1) is 14.1. The Morgan fingerprint density at radius 2 is 2.20 bits per heavy atom. The van der Waals surface area contributed by atoms with Crippen molar-refractivity contribution in [3.8, 4) is 0 Å². The van der Waals surface area contributed by atoms with Crippen LogP contribution in [0.3, 0.4) is 0 Å². The van der Waals surface area contributed by atoms with Crippen molar-refractivity contribution in [3.05, 3.63) is 18.0 Å². The highest BCUT2D eigenvalue weighted by Crippen LogP contribution is 2.30. The minimum absolute atomic E-state index is 0.711. The van der Waals surface area contributed by atoms with Crippen LogP contribution >= 0.6 is 0 Å². The second-order valence-corrected chi connectivity index (χ2v) is 6.44. The fraction of sp³-hybridized carbons (Fsp3) is 0.812. The first-order valence-electron chi connectivity index (χ1n) is 8.28. The monoisotopic (exact) mass is 276 g/mol. The average molecular weight is 276 g/mol. The Morgan fingerprint density at radius 3 is 2.95 bits per heavy atom. The van der Waals surface area contributed by atoms with E-state index in [0.29, 0.717) is 6.04 Å². The molecule has 20 heavy (non-hydrogen) atoms. The van der Waals surface area contributed by atoms with Gasteiger partial charge in [0.05, 0.1) is 5.69 Å². The van der Waals surface area contributed by atoms with Crippen molar-refractivity contribution in [1.29, 1.82) is 0 Å². The van der Waals surface area contributed by atoms with Gasteiger partial charge in [-0.2, -0.15) is 5.10 Å². The maximum Gasteiger partial charge on any atom is 0.0637 e. The van der Waals surface area contributed by atoms with Crippen LogP contribution in [0.25, 0.3) is 0 Å². The van der Waals surface area contributed by atoms with Gasteiger partial charge in [0.15, 0.2) is 0 Å². The van der Waals surface area contributed by atoms with Crippen molar-refractivity contribution in [2.75, 3.05) is 13.1 Å². The zero-order valence-electron chi connectivity index (χ0n) is 12.6. The van der Waals surface area contributed by atoms with Crippen LogP contribution in [0.1, 0.15) is 44.2 Å². The summed E-state index contributed by atoms with van der Waals surface area (Å²) in [5.41, 5.74) is 1.20. The van der Waals surface area contributed by atoms with Crippen LogP contribution in [0, 0.1) is 5.92 Å². The zero-order chi connectivity index (χ0) is 13.8. The highest BCUT2D eigenvalue weighted by molar-refractivity contribution is 4.99. The van der Waals surface area contributed by atoms with Gasteiger partial charge in [0.1, 0.15) is 0 Å². The molecule has 1 saturated carbocycles. The Labute approximate surface area is 122 Å². The molecular formula is C16H28N4. The fourth-order valence-electron chi connectivity index (χ4n) is 3.95. The SMILES string of the molecule is Cn1ccc(CCNC2CCCCC2C2CCCN2)n1. The number of aromatic nitrogens is 2. The molecule has 1 aromatic heterocycles. The van der Waals surface area contributed by atoms with Gasteiger partial charge in [-0.15, -0.1) is 0 Å². The van der Waals surface area contributed by atoms with Crippen molar-refractivity contribution < 1.29 is 0 Å². The summed E-state index contributed by atoms with van der Waals surface area (Å²) < 4.78 is 1.89. The van der Waals surface area contributed by atoms with Gasteiger partial charge in [-0.25, -0.2) is 0 Å². The number of aryl methyl sites for hydroxylation is 1. The highest BCUT2D eigenvalue weighted by atomic mass is 15.2. The van der Waals surface area contributed by atoms with E-state index in [9.17, 15) is 0 Å². The molecule has 0 spiro atoms.